The van der Waals surface area contributed by atoms with Crippen molar-refractivity contribution in [1.29, 1.82) is 0 Å². The molecule has 1 rings (SSSR count). The van der Waals surface area contributed by atoms with Crippen LogP contribution in [0.3, 0.4) is 0 Å². The Morgan fingerprint density at radius 2 is 2.64 bits per heavy atom. The first-order valence-corrected chi connectivity index (χ1v) is 6.14. The van der Waals surface area contributed by atoms with Gasteiger partial charge in [0, 0.05) is 0 Å². The van der Waals surface area contributed by atoms with Gasteiger partial charge in [-0.15, -0.1) is 21.5 Å². The van der Waals surface area contributed by atoms with Crippen molar-refractivity contribution in [2.75, 3.05) is 0 Å². The Kier molecular flexibility index (Phi) is 3.03. The van der Waals surface area contributed by atoms with Crippen LogP contribution in [0.5, 0.6) is 0 Å². The van der Waals surface area contributed by atoms with E-state index < -0.39 is 6.80 Å². The Hall–Kier alpha value is 0.0600. The molecule has 0 aliphatic carbocycles. The molecule has 0 amide bonds. The first-order chi connectivity index (χ1) is 5.08. The first kappa shape index (κ1) is 9.15. The van der Waals surface area contributed by atoms with Crippen molar-refractivity contribution in [2.24, 2.45) is 0 Å². The highest BCUT2D eigenvalue weighted by Gasteiger charge is 2.12. The Morgan fingerprint density at radius 3 is 3.09 bits per heavy atom. The molecule has 1 heterocycles. The molecule has 1 unspecified atom stereocenters. The Bertz CT molecular complexity index is 258. The summed E-state index contributed by atoms with van der Waals surface area (Å²) in [5.41, 5.74) is 1.51. The third-order valence-electron chi connectivity index (χ3n) is 0.761. The predicted molar refractivity (Wildman–Crippen MR) is 43.5 cm³/mol. The van der Waals surface area contributed by atoms with Crippen molar-refractivity contribution in [3.05, 3.63) is 10.5 Å². The maximum Gasteiger partial charge on any atom is 0.383 e. The smallest absolute Gasteiger partial charge is 0.317 e. The zero-order valence-electron chi connectivity index (χ0n) is 5.25. The molecule has 1 aromatic rings. The lowest BCUT2D eigenvalue weighted by atomic mass is 10.8. The van der Waals surface area contributed by atoms with Crippen LogP contribution in [0.2, 0.25) is 0 Å². The summed E-state index contributed by atoms with van der Waals surface area (Å²) in [5, 5.41) is 7.66. The van der Waals surface area contributed by atoms with Crippen LogP contribution in [0.4, 0.5) is 0 Å². The number of aromatic nitrogens is 2. The molecule has 0 spiro atoms. The second-order valence-electron chi connectivity index (χ2n) is 1.60. The van der Waals surface area contributed by atoms with Gasteiger partial charge in [-0.2, -0.15) is 0 Å². The van der Waals surface area contributed by atoms with Gasteiger partial charge in [-0.05, 0) is 0 Å². The summed E-state index contributed by atoms with van der Waals surface area (Å²) in [6, 6.07) is 0. The Labute approximate surface area is 72.1 Å². The SMILES string of the molecule is O=P(O)(S)OCc1nncs1. The van der Waals surface area contributed by atoms with Crippen LogP contribution in [0.25, 0.3) is 0 Å². The van der Waals surface area contributed by atoms with E-state index in [2.05, 4.69) is 27.0 Å². The molecule has 1 aromatic heterocycles. The molecule has 0 saturated heterocycles. The third-order valence-corrected chi connectivity index (χ3v) is 2.24. The molecule has 0 aromatic carbocycles. The number of hydrogen-bond acceptors (Lipinski definition) is 5. The van der Waals surface area contributed by atoms with Crippen molar-refractivity contribution in [3.63, 3.8) is 0 Å². The van der Waals surface area contributed by atoms with Crippen LogP contribution in [0.1, 0.15) is 5.01 Å². The van der Waals surface area contributed by atoms with Crippen LogP contribution < -0.4 is 0 Å². The van der Waals surface area contributed by atoms with E-state index in [-0.39, 0.29) is 6.61 Å². The van der Waals surface area contributed by atoms with Gasteiger partial charge in [0.1, 0.15) is 17.1 Å². The summed E-state index contributed by atoms with van der Waals surface area (Å²) in [4.78, 5) is 8.57. The molecule has 0 aliphatic heterocycles. The summed E-state index contributed by atoms with van der Waals surface area (Å²) in [7, 11) is 0. The molecule has 8 heteroatoms. The summed E-state index contributed by atoms with van der Waals surface area (Å²) in [5.74, 6) is 0. The fourth-order valence-electron chi connectivity index (χ4n) is 0.398. The minimum Gasteiger partial charge on any atom is -0.317 e. The average molecular weight is 212 g/mol. The lowest BCUT2D eigenvalue weighted by molar-refractivity contribution is 0.266. The summed E-state index contributed by atoms with van der Waals surface area (Å²) < 4.78 is 14.9. The second-order valence-corrected chi connectivity index (χ2v) is 5.27. The van der Waals surface area contributed by atoms with E-state index in [1.807, 2.05) is 0 Å². The molecule has 1 N–H and O–H groups in total. The molecule has 0 bridgehead atoms. The molecule has 0 fully saturated rings. The molecule has 62 valence electrons. The first-order valence-electron chi connectivity index (χ1n) is 2.53. The zero-order chi connectivity index (χ0) is 8.32. The molecule has 11 heavy (non-hydrogen) atoms. The highest BCUT2D eigenvalue weighted by molar-refractivity contribution is 8.44. The number of nitrogens with zero attached hydrogens (tertiary/aromatic N) is 2. The van der Waals surface area contributed by atoms with Gasteiger partial charge < -0.3 is 4.89 Å². The fraction of sp³-hybridized carbons (Fsp3) is 0.333. The third kappa shape index (κ3) is 3.83. The number of rotatable bonds is 3. The van der Waals surface area contributed by atoms with Gasteiger partial charge in [0.25, 0.3) is 0 Å². The van der Waals surface area contributed by atoms with E-state index in [4.69, 9.17) is 4.89 Å². The van der Waals surface area contributed by atoms with Crippen molar-refractivity contribution in [2.45, 2.75) is 6.61 Å². The largest absolute Gasteiger partial charge is 0.383 e. The Morgan fingerprint density at radius 1 is 1.91 bits per heavy atom. The van der Waals surface area contributed by atoms with Crippen LogP contribution >= 0.6 is 30.4 Å². The van der Waals surface area contributed by atoms with Crippen molar-refractivity contribution in [3.8, 4) is 0 Å². The van der Waals surface area contributed by atoms with Gasteiger partial charge in [0.15, 0.2) is 0 Å². The minimum absolute atomic E-state index is 0.0258. The highest BCUT2D eigenvalue weighted by Crippen LogP contribution is 2.47. The lowest BCUT2D eigenvalue weighted by Crippen LogP contribution is -1.86. The molecular weight excluding hydrogens is 207 g/mol. The zero-order valence-corrected chi connectivity index (χ0v) is 7.85. The van der Waals surface area contributed by atoms with Crippen molar-refractivity contribution >= 4 is 30.4 Å². The van der Waals surface area contributed by atoms with Crippen LogP contribution in [0, 0.1) is 0 Å². The average Bonchev–Trinajstić information content (AvgIpc) is 2.32. The van der Waals surface area contributed by atoms with E-state index in [9.17, 15) is 4.57 Å². The van der Waals surface area contributed by atoms with Gasteiger partial charge >= 0.3 is 6.80 Å². The van der Waals surface area contributed by atoms with E-state index in [1.165, 1.54) is 16.8 Å². The molecular formula is C3H5N2O3PS2. The van der Waals surface area contributed by atoms with Crippen molar-refractivity contribution in [1.82, 2.24) is 10.2 Å². The maximum atomic E-state index is 10.5. The van der Waals surface area contributed by atoms with Gasteiger partial charge in [-0.1, -0.05) is 12.2 Å². The standard InChI is InChI=1S/C3H5N2O3PS2/c6-9(7,10)8-1-3-5-4-2-11-3/h2H,1H2,(H2,6,7,10). The normalized spacial score (nSPS) is 16.2. The molecule has 0 aliphatic rings. The van der Waals surface area contributed by atoms with E-state index >= 15 is 0 Å². The van der Waals surface area contributed by atoms with Crippen LogP contribution in [0.15, 0.2) is 5.51 Å². The summed E-state index contributed by atoms with van der Waals surface area (Å²) >= 11 is 4.56. The molecule has 0 saturated carbocycles. The van der Waals surface area contributed by atoms with Crippen LogP contribution in [-0.2, 0) is 15.7 Å². The molecule has 1 atom stereocenters. The summed E-state index contributed by atoms with van der Waals surface area (Å²) in [6.07, 6.45) is 0. The lowest BCUT2D eigenvalue weighted by Gasteiger charge is -2.01. The summed E-state index contributed by atoms with van der Waals surface area (Å²) in [6.45, 7) is -3.70. The predicted octanol–water partition coefficient (Wildman–Crippen LogP) is 1.08. The number of thiol groups is 1. The van der Waals surface area contributed by atoms with Gasteiger partial charge in [-0.3, -0.25) is 4.52 Å². The van der Waals surface area contributed by atoms with Gasteiger partial charge in [0.05, 0.1) is 0 Å². The second kappa shape index (κ2) is 3.64. The van der Waals surface area contributed by atoms with Crippen molar-refractivity contribution < 1.29 is 14.0 Å². The highest BCUT2D eigenvalue weighted by atomic mass is 32.7. The van der Waals surface area contributed by atoms with E-state index in [0.29, 0.717) is 5.01 Å². The minimum atomic E-state index is -3.67. The maximum absolute atomic E-state index is 10.5. The Balaban J connectivity index is 2.41. The van der Waals surface area contributed by atoms with Gasteiger partial charge in [0.2, 0.25) is 0 Å². The number of hydrogen-bond donors (Lipinski definition) is 2. The topological polar surface area (TPSA) is 72.3 Å². The van der Waals surface area contributed by atoms with Gasteiger partial charge in [-0.25, -0.2) is 4.57 Å². The quantitative estimate of drug-likeness (QED) is 0.579. The van der Waals surface area contributed by atoms with E-state index in [0.717, 1.165) is 0 Å². The van der Waals surface area contributed by atoms with E-state index in [1.54, 1.807) is 0 Å². The monoisotopic (exact) mass is 212 g/mol. The molecule has 0 radical (unpaired) electrons. The molecule has 5 nitrogen and oxygen atoms in total. The van der Waals surface area contributed by atoms with Crippen LogP contribution in [-0.4, -0.2) is 15.1 Å². The fourth-order valence-corrected chi connectivity index (χ4v) is 1.39.